The van der Waals surface area contributed by atoms with E-state index in [0.29, 0.717) is 29.5 Å². The Morgan fingerprint density at radius 1 is 0.577 bits per heavy atom. The topological polar surface area (TPSA) is 17.1 Å². The maximum atomic E-state index is 14.4. The van der Waals surface area contributed by atoms with Crippen molar-refractivity contribution in [2.45, 2.75) is 121 Å². The van der Waals surface area contributed by atoms with Crippen molar-refractivity contribution in [1.82, 2.24) is 0 Å². The molecule has 156 valence electrons. The van der Waals surface area contributed by atoms with Crippen LogP contribution in [-0.4, -0.2) is 5.78 Å². The Morgan fingerprint density at radius 3 is 0.962 bits per heavy atom. The minimum Gasteiger partial charge on any atom is -0.298 e. The van der Waals surface area contributed by atoms with Gasteiger partial charge in [-0.15, -0.1) is 0 Å². The molecule has 0 rings (SSSR count). The standard InChI is InChI=1S/C25H50O/c1-11-13-24(15-19(3)4,16-20(5)6)23(26)25(14-12-2,17-21(7)8)18-22(9)10/h19-22H,11-18H2,1-10H3. The van der Waals surface area contributed by atoms with Crippen LogP contribution in [0.4, 0.5) is 0 Å². The van der Waals surface area contributed by atoms with Gasteiger partial charge in [0.1, 0.15) is 5.78 Å². The maximum Gasteiger partial charge on any atom is 0.145 e. The monoisotopic (exact) mass is 366 g/mol. The van der Waals surface area contributed by atoms with Crippen molar-refractivity contribution in [1.29, 1.82) is 0 Å². The highest BCUT2D eigenvalue weighted by molar-refractivity contribution is 5.90. The van der Waals surface area contributed by atoms with Gasteiger partial charge in [0.2, 0.25) is 0 Å². The van der Waals surface area contributed by atoms with Gasteiger partial charge in [-0.3, -0.25) is 4.79 Å². The van der Waals surface area contributed by atoms with Gasteiger partial charge in [0, 0.05) is 10.8 Å². The molecule has 0 aliphatic heterocycles. The van der Waals surface area contributed by atoms with Crippen molar-refractivity contribution in [2.24, 2.45) is 34.5 Å². The molecule has 0 aromatic rings. The first-order valence-corrected chi connectivity index (χ1v) is 11.5. The number of ketones is 1. The van der Waals surface area contributed by atoms with E-state index in [9.17, 15) is 4.79 Å². The van der Waals surface area contributed by atoms with Crippen LogP contribution in [-0.2, 0) is 4.79 Å². The zero-order valence-corrected chi connectivity index (χ0v) is 19.9. The van der Waals surface area contributed by atoms with Gasteiger partial charge in [0.05, 0.1) is 0 Å². The molecule has 0 saturated heterocycles. The van der Waals surface area contributed by atoms with Crippen LogP contribution in [0.25, 0.3) is 0 Å². The molecule has 0 spiro atoms. The Labute approximate surface area is 166 Å². The number of carbonyl (C=O) groups is 1. The van der Waals surface area contributed by atoms with E-state index in [0.717, 1.165) is 51.4 Å². The highest BCUT2D eigenvalue weighted by Gasteiger charge is 2.49. The second-order valence-corrected chi connectivity index (χ2v) is 10.8. The molecule has 0 unspecified atom stereocenters. The Bertz CT molecular complexity index is 333. The van der Waals surface area contributed by atoms with Crippen molar-refractivity contribution in [3.05, 3.63) is 0 Å². The van der Waals surface area contributed by atoms with Gasteiger partial charge in [-0.25, -0.2) is 0 Å². The van der Waals surface area contributed by atoms with Gasteiger partial charge in [0.25, 0.3) is 0 Å². The molecule has 0 heterocycles. The summed E-state index contributed by atoms with van der Waals surface area (Å²) in [5.41, 5.74) is -0.258. The molecule has 0 aromatic carbocycles. The molecule has 0 aromatic heterocycles. The third-order valence-electron chi connectivity index (χ3n) is 5.62. The van der Waals surface area contributed by atoms with E-state index in [-0.39, 0.29) is 10.8 Å². The minimum atomic E-state index is -0.129. The van der Waals surface area contributed by atoms with E-state index >= 15 is 0 Å². The van der Waals surface area contributed by atoms with Crippen molar-refractivity contribution in [2.75, 3.05) is 0 Å². The summed E-state index contributed by atoms with van der Waals surface area (Å²) in [5.74, 6) is 2.91. The SMILES string of the molecule is CCCC(CC(C)C)(CC(C)C)C(=O)C(CCC)(CC(C)C)CC(C)C. The summed E-state index contributed by atoms with van der Waals surface area (Å²) in [5, 5.41) is 0. The first-order chi connectivity index (χ1) is 11.9. The maximum absolute atomic E-state index is 14.4. The molecule has 26 heavy (non-hydrogen) atoms. The molecule has 0 fully saturated rings. The number of rotatable bonds is 14. The van der Waals surface area contributed by atoms with E-state index < -0.39 is 0 Å². The number of hydrogen-bond donors (Lipinski definition) is 0. The lowest BCUT2D eigenvalue weighted by molar-refractivity contribution is -0.145. The first kappa shape index (κ1) is 25.7. The first-order valence-electron chi connectivity index (χ1n) is 11.5. The highest BCUT2D eigenvalue weighted by atomic mass is 16.1. The van der Waals surface area contributed by atoms with Gasteiger partial charge in [0.15, 0.2) is 0 Å². The summed E-state index contributed by atoms with van der Waals surface area (Å²) < 4.78 is 0. The summed E-state index contributed by atoms with van der Waals surface area (Å²) in [7, 11) is 0. The molecule has 0 N–H and O–H groups in total. The fourth-order valence-electron chi connectivity index (χ4n) is 5.82. The Kier molecular flexibility index (Phi) is 11.4. The summed E-state index contributed by atoms with van der Waals surface area (Å²) >= 11 is 0. The van der Waals surface area contributed by atoms with Gasteiger partial charge in [-0.1, -0.05) is 82.1 Å². The Balaban J connectivity index is 6.26. The van der Waals surface area contributed by atoms with E-state index in [4.69, 9.17) is 0 Å². The molecular formula is C25H50O. The van der Waals surface area contributed by atoms with Crippen LogP contribution < -0.4 is 0 Å². The van der Waals surface area contributed by atoms with Gasteiger partial charge in [-0.05, 0) is 62.2 Å². The third kappa shape index (κ3) is 7.73. The van der Waals surface area contributed by atoms with Crippen LogP contribution in [0, 0.1) is 34.5 Å². The van der Waals surface area contributed by atoms with Gasteiger partial charge >= 0.3 is 0 Å². The lowest BCUT2D eigenvalue weighted by Crippen LogP contribution is -2.46. The molecule has 0 atom stereocenters. The zero-order valence-electron chi connectivity index (χ0n) is 19.9. The predicted molar refractivity (Wildman–Crippen MR) is 118 cm³/mol. The quantitative estimate of drug-likeness (QED) is 0.302. The summed E-state index contributed by atoms with van der Waals surface area (Å²) in [6, 6.07) is 0. The van der Waals surface area contributed by atoms with E-state index in [1.807, 2.05) is 0 Å². The number of carbonyl (C=O) groups excluding carboxylic acids is 1. The fourth-order valence-corrected chi connectivity index (χ4v) is 5.82. The average molecular weight is 367 g/mol. The molecule has 0 saturated carbocycles. The number of Topliss-reactive ketones (excluding diaryl/α,β-unsaturated/α-hetero) is 1. The predicted octanol–water partition coefficient (Wildman–Crippen LogP) is 8.31. The smallest absolute Gasteiger partial charge is 0.145 e. The molecule has 0 radical (unpaired) electrons. The highest BCUT2D eigenvalue weighted by Crippen LogP contribution is 2.50. The van der Waals surface area contributed by atoms with Crippen LogP contribution in [0.15, 0.2) is 0 Å². The third-order valence-corrected chi connectivity index (χ3v) is 5.62. The Morgan fingerprint density at radius 2 is 0.808 bits per heavy atom. The molecule has 1 heteroatoms. The van der Waals surface area contributed by atoms with Crippen LogP contribution in [0.1, 0.15) is 121 Å². The van der Waals surface area contributed by atoms with E-state index in [2.05, 4.69) is 69.2 Å². The minimum absolute atomic E-state index is 0.129. The fraction of sp³-hybridized carbons (Fsp3) is 0.960. The zero-order chi connectivity index (χ0) is 20.5. The van der Waals surface area contributed by atoms with Crippen LogP contribution in [0.2, 0.25) is 0 Å². The van der Waals surface area contributed by atoms with Crippen LogP contribution in [0.5, 0.6) is 0 Å². The second kappa shape index (κ2) is 11.5. The average Bonchev–Trinajstić information content (AvgIpc) is 2.43. The molecule has 0 bridgehead atoms. The number of hydrogen-bond acceptors (Lipinski definition) is 1. The van der Waals surface area contributed by atoms with Gasteiger partial charge in [-0.2, -0.15) is 0 Å². The van der Waals surface area contributed by atoms with Crippen LogP contribution in [0.3, 0.4) is 0 Å². The lowest BCUT2D eigenvalue weighted by Gasteiger charge is -2.46. The van der Waals surface area contributed by atoms with Crippen molar-refractivity contribution < 1.29 is 4.79 Å². The van der Waals surface area contributed by atoms with Crippen molar-refractivity contribution in [3.8, 4) is 0 Å². The Hall–Kier alpha value is -0.330. The van der Waals surface area contributed by atoms with Gasteiger partial charge < -0.3 is 0 Å². The summed E-state index contributed by atoms with van der Waals surface area (Å²) in [6.45, 7) is 22.9. The second-order valence-electron chi connectivity index (χ2n) is 10.8. The summed E-state index contributed by atoms with van der Waals surface area (Å²) in [4.78, 5) is 14.4. The van der Waals surface area contributed by atoms with Crippen molar-refractivity contribution >= 4 is 5.78 Å². The van der Waals surface area contributed by atoms with Crippen LogP contribution >= 0.6 is 0 Å². The summed E-state index contributed by atoms with van der Waals surface area (Å²) in [6.07, 6.45) is 8.55. The molecule has 0 amide bonds. The molecule has 1 nitrogen and oxygen atoms in total. The largest absolute Gasteiger partial charge is 0.298 e. The van der Waals surface area contributed by atoms with E-state index in [1.165, 1.54) is 0 Å². The molecule has 0 aliphatic rings. The lowest BCUT2D eigenvalue weighted by atomic mass is 9.57. The van der Waals surface area contributed by atoms with E-state index in [1.54, 1.807) is 0 Å². The molecule has 0 aliphatic carbocycles. The van der Waals surface area contributed by atoms with Crippen molar-refractivity contribution in [3.63, 3.8) is 0 Å². The normalized spacial score (nSPS) is 13.5. The molecular weight excluding hydrogens is 316 g/mol.